The number of phenolic OH excluding ortho intramolecular Hbond substituents is 1. The lowest BCUT2D eigenvalue weighted by molar-refractivity contribution is 0.0955. The van der Waals surface area contributed by atoms with Gasteiger partial charge in [0.15, 0.2) is 5.96 Å². The number of hydrogen-bond acceptors (Lipinski definition) is 4. The molecule has 2 rings (SSSR count). The summed E-state index contributed by atoms with van der Waals surface area (Å²) in [6.45, 7) is 7.66. The van der Waals surface area contributed by atoms with Crippen molar-refractivity contribution in [3.05, 3.63) is 59.2 Å². The number of aryl methyl sites for hydroxylation is 1. The van der Waals surface area contributed by atoms with E-state index in [9.17, 15) is 9.90 Å². The number of nitrogens with zero attached hydrogens (tertiary/aromatic N) is 1. The number of phenols is 1. The van der Waals surface area contributed by atoms with E-state index in [1.807, 2.05) is 26.0 Å². The highest BCUT2D eigenvalue weighted by molar-refractivity contribution is 5.94. The van der Waals surface area contributed by atoms with Crippen LogP contribution in [-0.4, -0.2) is 43.7 Å². The predicted molar refractivity (Wildman–Crippen MR) is 116 cm³/mol. The maximum absolute atomic E-state index is 12.1. The van der Waals surface area contributed by atoms with Crippen LogP contribution in [0.4, 0.5) is 0 Å². The van der Waals surface area contributed by atoms with E-state index in [1.54, 1.807) is 19.2 Å². The second kappa shape index (κ2) is 10.9. The Bertz CT molecular complexity index is 834. The molecule has 0 aliphatic rings. The fourth-order valence-electron chi connectivity index (χ4n) is 2.85. The molecule has 0 spiro atoms. The van der Waals surface area contributed by atoms with Gasteiger partial charge >= 0.3 is 0 Å². The van der Waals surface area contributed by atoms with E-state index in [1.165, 1.54) is 12.1 Å². The van der Waals surface area contributed by atoms with Crippen LogP contribution >= 0.6 is 0 Å². The first-order valence-corrected chi connectivity index (χ1v) is 9.71. The summed E-state index contributed by atoms with van der Waals surface area (Å²) in [5, 5.41) is 18.7. The van der Waals surface area contributed by atoms with Crippen molar-refractivity contribution in [2.45, 2.75) is 26.8 Å². The van der Waals surface area contributed by atoms with Gasteiger partial charge in [-0.15, -0.1) is 0 Å². The summed E-state index contributed by atoms with van der Waals surface area (Å²) in [6, 6.07) is 12.2. The van der Waals surface area contributed by atoms with Crippen molar-refractivity contribution >= 4 is 11.9 Å². The van der Waals surface area contributed by atoms with Gasteiger partial charge in [0, 0.05) is 24.2 Å². The normalized spacial score (nSPS) is 12.2. The molecule has 0 aliphatic heterocycles. The Kier molecular flexibility index (Phi) is 8.33. The SMILES string of the molecule is CCNC(=NCCNC(=O)c1ccc(O)cc1)NC(C)c1cc(C)ccc1OC. The number of carbonyl (C=O) groups excluding carboxylic acids is 1. The summed E-state index contributed by atoms with van der Waals surface area (Å²) in [5.41, 5.74) is 2.71. The molecule has 0 heterocycles. The van der Waals surface area contributed by atoms with Crippen molar-refractivity contribution < 1.29 is 14.6 Å². The topological polar surface area (TPSA) is 95.0 Å². The van der Waals surface area contributed by atoms with E-state index in [0.29, 0.717) is 24.6 Å². The van der Waals surface area contributed by atoms with Crippen molar-refractivity contribution in [2.24, 2.45) is 4.99 Å². The molecule has 1 amide bonds. The van der Waals surface area contributed by atoms with E-state index < -0.39 is 0 Å². The van der Waals surface area contributed by atoms with E-state index in [-0.39, 0.29) is 17.7 Å². The lowest BCUT2D eigenvalue weighted by Gasteiger charge is -2.20. The smallest absolute Gasteiger partial charge is 0.251 e. The van der Waals surface area contributed by atoms with Crippen LogP contribution in [0.2, 0.25) is 0 Å². The molecule has 0 bridgehead atoms. The lowest BCUT2D eigenvalue weighted by atomic mass is 10.0. The van der Waals surface area contributed by atoms with Crippen molar-refractivity contribution in [3.63, 3.8) is 0 Å². The van der Waals surface area contributed by atoms with Crippen LogP contribution in [0.15, 0.2) is 47.5 Å². The van der Waals surface area contributed by atoms with Crippen molar-refractivity contribution in [1.82, 2.24) is 16.0 Å². The monoisotopic (exact) mass is 398 g/mol. The number of benzene rings is 2. The van der Waals surface area contributed by atoms with Crippen LogP contribution in [0.3, 0.4) is 0 Å². The summed E-state index contributed by atoms with van der Waals surface area (Å²) >= 11 is 0. The molecule has 156 valence electrons. The number of ether oxygens (including phenoxy) is 1. The van der Waals surface area contributed by atoms with Crippen molar-refractivity contribution in [1.29, 1.82) is 0 Å². The van der Waals surface area contributed by atoms with Gasteiger partial charge < -0.3 is 25.8 Å². The van der Waals surface area contributed by atoms with Gasteiger partial charge in [-0.2, -0.15) is 0 Å². The van der Waals surface area contributed by atoms with Crippen molar-refractivity contribution in [2.75, 3.05) is 26.7 Å². The number of aliphatic imine (C=N–C) groups is 1. The Morgan fingerprint density at radius 2 is 1.90 bits per heavy atom. The maximum Gasteiger partial charge on any atom is 0.251 e. The van der Waals surface area contributed by atoms with E-state index in [2.05, 4.69) is 33.9 Å². The molecule has 2 aromatic rings. The maximum atomic E-state index is 12.1. The minimum atomic E-state index is -0.198. The van der Waals surface area contributed by atoms with E-state index in [4.69, 9.17) is 4.74 Å². The zero-order valence-electron chi connectivity index (χ0n) is 17.5. The zero-order chi connectivity index (χ0) is 21.2. The van der Waals surface area contributed by atoms with Gasteiger partial charge in [-0.05, 0) is 51.1 Å². The molecule has 29 heavy (non-hydrogen) atoms. The van der Waals surface area contributed by atoms with Crippen LogP contribution in [-0.2, 0) is 0 Å². The average molecular weight is 399 g/mol. The largest absolute Gasteiger partial charge is 0.508 e. The van der Waals surface area contributed by atoms with Crippen molar-refractivity contribution in [3.8, 4) is 11.5 Å². The molecule has 7 heteroatoms. The quantitative estimate of drug-likeness (QED) is 0.312. The minimum Gasteiger partial charge on any atom is -0.508 e. The number of methoxy groups -OCH3 is 1. The molecule has 0 fully saturated rings. The highest BCUT2D eigenvalue weighted by Gasteiger charge is 2.13. The first-order chi connectivity index (χ1) is 13.9. The predicted octanol–water partition coefficient (Wildman–Crippen LogP) is 2.76. The summed E-state index contributed by atoms with van der Waals surface area (Å²) in [7, 11) is 1.66. The highest BCUT2D eigenvalue weighted by Crippen LogP contribution is 2.25. The minimum absolute atomic E-state index is 0.00534. The molecule has 1 unspecified atom stereocenters. The summed E-state index contributed by atoms with van der Waals surface area (Å²) in [5.74, 6) is 1.43. The number of guanidine groups is 1. The Hall–Kier alpha value is -3.22. The molecule has 1 atom stereocenters. The van der Waals surface area contributed by atoms with Crippen LogP contribution in [0.25, 0.3) is 0 Å². The Morgan fingerprint density at radius 3 is 2.55 bits per heavy atom. The fraction of sp³-hybridized carbons (Fsp3) is 0.364. The van der Waals surface area contributed by atoms with E-state index in [0.717, 1.165) is 23.4 Å². The zero-order valence-corrected chi connectivity index (χ0v) is 17.5. The number of amides is 1. The third-order valence-corrected chi connectivity index (χ3v) is 4.35. The van der Waals surface area contributed by atoms with E-state index >= 15 is 0 Å². The van der Waals surface area contributed by atoms with Crippen LogP contribution in [0, 0.1) is 6.92 Å². The second-order valence-corrected chi connectivity index (χ2v) is 6.67. The summed E-state index contributed by atoms with van der Waals surface area (Å²) in [6.07, 6.45) is 0. The molecule has 4 N–H and O–H groups in total. The standard InChI is InChI=1S/C22H30N4O3/c1-5-23-22(26-16(3)19-14-15(2)6-11-20(19)29-4)25-13-12-24-21(28)17-7-9-18(27)10-8-17/h6-11,14,16,27H,5,12-13H2,1-4H3,(H,24,28)(H2,23,25,26). The number of rotatable bonds is 8. The highest BCUT2D eigenvalue weighted by atomic mass is 16.5. The number of nitrogens with one attached hydrogen (secondary N) is 3. The summed E-state index contributed by atoms with van der Waals surface area (Å²) < 4.78 is 5.47. The molecule has 0 radical (unpaired) electrons. The van der Waals surface area contributed by atoms with Crippen LogP contribution in [0.1, 0.15) is 41.4 Å². The fourth-order valence-corrected chi connectivity index (χ4v) is 2.85. The molecule has 0 aliphatic carbocycles. The first-order valence-electron chi connectivity index (χ1n) is 9.71. The third kappa shape index (κ3) is 6.71. The Labute approximate surface area is 172 Å². The number of aromatic hydroxyl groups is 1. The van der Waals surface area contributed by atoms with Gasteiger partial charge in [0.05, 0.1) is 19.7 Å². The molecule has 0 aromatic heterocycles. The Balaban J connectivity index is 1.94. The van der Waals surface area contributed by atoms with Gasteiger partial charge in [0.25, 0.3) is 5.91 Å². The van der Waals surface area contributed by atoms with Crippen LogP contribution in [0.5, 0.6) is 11.5 Å². The summed E-state index contributed by atoms with van der Waals surface area (Å²) in [4.78, 5) is 16.6. The van der Waals surface area contributed by atoms with Gasteiger partial charge in [-0.3, -0.25) is 9.79 Å². The molecular weight excluding hydrogens is 368 g/mol. The molecule has 2 aromatic carbocycles. The van der Waals surface area contributed by atoms with Gasteiger partial charge in [-0.1, -0.05) is 17.7 Å². The second-order valence-electron chi connectivity index (χ2n) is 6.67. The van der Waals surface area contributed by atoms with Gasteiger partial charge in [0.1, 0.15) is 11.5 Å². The number of carbonyl (C=O) groups is 1. The molecule has 0 saturated heterocycles. The van der Waals surface area contributed by atoms with Crippen LogP contribution < -0.4 is 20.7 Å². The Morgan fingerprint density at radius 1 is 1.17 bits per heavy atom. The van der Waals surface area contributed by atoms with Gasteiger partial charge in [-0.25, -0.2) is 0 Å². The number of hydrogen-bond donors (Lipinski definition) is 4. The molecule has 0 saturated carbocycles. The lowest BCUT2D eigenvalue weighted by Crippen LogP contribution is -2.39. The first kappa shape index (κ1) is 22.1. The molecule has 7 nitrogen and oxygen atoms in total. The van der Waals surface area contributed by atoms with Gasteiger partial charge in [0.2, 0.25) is 0 Å². The third-order valence-electron chi connectivity index (χ3n) is 4.35. The molecular formula is C22H30N4O3. The average Bonchev–Trinajstić information content (AvgIpc) is 2.71.